The van der Waals surface area contributed by atoms with Gasteiger partial charge in [0, 0.05) is 33.0 Å². The third-order valence-electron chi connectivity index (χ3n) is 2.23. The van der Waals surface area contributed by atoms with Gasteiger partial charge in [-0.2, -0.15) is 0 Å². The van der Waals surface area contributed by atoms with Crippen molar-refractivity contribution >= 4 is 11.8 Å². The number of hydrogen-bond acceptors (Lipinski definition) is 3. The van der Waals surface area contributed by atoms with E-state index in [1.54, 1.807) is 4.90 Å². The summed E-state index contributed by atoms with van der Waals surface area (Å²) in [6.45, 7) is 2.85. The maximum atomic E-state index is 11.4. The topological polar surface area (TPSA) is 69.6 Å². The fraction of sp³-hybridized carbons (Fsp3) is 0.778. The Hall–Kier alpha value is -1.10. The number of likely N-dealkylation sites (tertiary alicyclic amines) is 1. The number of nitrogens with one attached hydrogen (secondary N) is 1. The molecule has 1 heterocycles. The molecule has 2 N–H and O–H groups in total. The molecule has 2 amide bonds. The Bertz CT molecular complexity index is 230. The van der Waals surface area contributed by atoms with Crippen LogP contribution in [-0.2, 0) is 9.59 Å². The molecule has 0 aromatic heterocycles. The lowest BCUT2D eigenvalue weighted by Gasteiger charge is -2.15. The number of nitrogens with zero attached hydrogens (tertiary/aromatic N) is 1. The Morgan fingerprint density at radius 2 is 2.29 bits per heavy atom. The molecule has 14 heavy (non-hydrogen) atoms. The molecule has 1 fully saturated rings. The minimum Gasteiger partial charge on any atom is -0.391 e. The van der Waals surface area contributed by atoms with Crippen LogP contribution in [0, 0.1) is 0 Å². The summed E-state index contributed by atoms with van der Waals surface area (Å²) in [5.41, 5.74) is 0. The van der Waals surface area contributed by atoms with E-state index >= 15 is 0 Å². The first-order chi connectivity index (χ1) is 6.59. The summed E-state index contributed by atoms with van der Waals surface area (Å²) in [4.78, 5) is 23.6. The number of carbonyl (C=O) groups excluding carboxylic acids is 2. The molecule has 80 valence electrons. The van der Waals surface area contributed by atoms with Gasteiger partial charge in [-0.1, -0.05) is 0 Å². The first-order valence-electron chi connectivity index (χ1n) is 4.80. The lowest BCUT2D eigenvalue weighted by Crippen LogP contribution is -2.33. The van der Waals surface area contributed by atoms with Crippen LogP contribution in [0.25, 0.3) is 0 Å². The van der Waals surface area contributed by atoms with Crippen LogP contribution in [0.2, 0.25) is 0 Å². The second kappa shape index (κ2) is 4.95. The SMILES string of the molecule is CC(=O)NCCC(=O)N1CC[C@@H](O)C1. The van der Waals surface area contributed by atoms with Crippen LogP contribution in [0.5, 0.6) is 0 Å². The predicted molar refractivity (Wildman–Crippen MR) is 50.5 cm³/mol. The number of rotatable bonds is 3. The number of aliphatic hydroxyl groups excluding tert-OH is 1. The van der Waals surface area contributed by atoms with Crippen LogP contribution in [-0.4, -0.2) is 47.6 Å². The van der Waals surface area contributed by atoms with Crippen molar-refractivity contribution in [3.8, 4) is 0 Å². The molecule has 0 bridgehead atoms. The Labute approximate surface area is 83.1 Å². The second-order valence-corrected chi connectivity index (χ2v) is 3.52. The summed E-state index contributed by atoms with van der Waals surface area (Å²) in [7, 11) is 0. The van der Waals surface area contributed by atoms with E-state index < -0.39 is 0 Å². The molecule has 1 aliphatic heterocycles. The third kappa shape index (κ3) is 3.33. The molecule has 0 radical (unpaired) electrons. The van der Waals surface area contributed by atoms with Crippen molar-refractivity contribution in [2.24, 2.45) is 0 Å². The highest BCUT2D eigenvalue weighted by molar-refractivity contribution is 5.78. The van der Waals surface area contributed by atoms with E-state index in [0.717, 1.165) is 0 Å². The summed E-state index contributed by atoms with van der Waals surface area (Å²) in [5.74, 6) is -0.130. The van der Waals surface area contributed by atoms with Crippen LogP contribution in [0.4, 0.5) is 0 Å². The molecule has 5 heteroatoms. The van der Waals surface area contributed by atoms with Gasteiger partial charge in [0.15, 0.2) is 0 Å². The first kappa shape index (κ1) is 11.0. The maximum absolute atomic E-state index is 11.4. The molecule has 1 rings (SSSR count). The molecule has 5 nitrogen and oxygen atoms in total. The van der Waals surface area contributed by atoms with Crippen LogP contribution >= 0.6 is 0 Å². The highest BCUT2D eigenvalue weighted by Crippen LogP contribution is 2.09. The van der Waals surface area contributed by atoms with Gasteiger partial charge in [0.05, 0.1) is 6.10 Å². The number of hydrogen-bond donors (Lipinski definition) is 2. The van der Waals surface area contributed by atoms with E-state index in [2.05, 4.69) is 5.32 Å². The average Bonchev–Trinajstić information content (AvgIpc) is 2.51. The van der Waals surface area contributed by atoms with Gasteiger partial charge in [-0.25, -0.2) is 0 Å². The minimum atomic E-state index is -0.375. The quantitative estimate of drug-likeness (QED) is 0.620. The van der Waals surface area contributed by atoms with E-state index in [4.69, 9.17) is 0 Å². The van der Waals surface area contributed by atoms with Gasteiger partial charge >= 0.3 is 0 Å². The number of carbonyl (C=O) groups is 2. The highest BCUT2D eigenvalue weighted by atomic mass is 16.3. The fourth-order valence-electron chi connectivity index (χ4n) is 1.47. The van der Waals surface area contributed by atoms with Crippen LogP contribution in [0.15, 0.2) is 0 Å². The molecule has 0 saturated carbocycles. The van der Waals surface area contributed by atoms with Gasteiger partial charge in [-0.15, -0.1) is 0 Å². The van der Waals surface area contributed by atoms with Crippen LogP contribution in [0.3, 0.4) is 0 Å². The summed E-state index contributed by atoms with van der Waals surface area (Å²) >= 11 is 0. The van der Waals surface area contributed by atoms with Crippen molar-refractivity contribution in [2.45, 2.75) is 25.9 Å². The van der Waals surface area contributed by atoms with Crippen LogP contribution < -0.4 is 5.32 Å². The van der Waals surface area contributed by atoms with E-state index in [9.17, 15) is 14.7 Å². The second-order valence-electron chi connectivity index (χ2n) is 3.52. The average molecular weight is 200 g/mol. The molecule has 0 unspecified atom stereocenters. The first-order valence-corrected chi connectivity index (χ1v) is 4.80. The number of aliphatic hydroxyl groups is 1. The third-order valence-corrected chi connectivity index (χ3v) is 2.23. The molecule has 0 spiro atoms. The van der Waals surface area contributed by atoms with Gasteiger partial charge < -0.3 is 15.3 Å². The predicted octanol–water partition coefficient (Wildman–Crippen LogP) is -0.894. The summed E-state index contributed by atoms with van der Waals surface area (Å²) in [6.07, 6.45) is 0.595. The summed E-state index contributed by atoms with van der Waals surface area (Å²) in [5, 5.41) is 11.8. The van der Waals surface area contributed by atoms with Gasteiger partial charge in [-0.05, 0) is 6.42 Å². The van der Waals surface area contributed by atoms with Crippen LogP contribution in [0.1, 0.15) is 19.8 Å². The zero-order valence-electron chi connectivity index (χ0n) is 8.32. The molecule has 1 aliphatic rings. The largest absolute Gasteiger partial charge is 0.391 e. The minimum absolute atomic E-state index is 0.00435. The molecule has 0 aromatic carbocycles. The zero-order chi connectivity index (χ0) is 10.6. The van der Waals surface area contributed by atoms with Gasteiger partial charge in [-0.3, -0.25) is 9.59 Å². The molecule has 1 saturated heterocycles. The van der Waals surface area contributed by atoms with Crippen molar-refractivity contribution in [1.82, 2.24) is 10.2 Å². The lowest BCUT2D eigenvalue weighted by molar-refractivity contribution is -0.130. The Morgan fingerprint density at radius 3 is 2.79 bits per heavy atom. The van der Waals surface area contributed by atoms with Gasteiger partial charge in [0.25, 0.3) is 0 Å². The monoisotopic (exact) mass is 200 g/mol. The lowest BCUT2D eigenvalue weighted by atomic mass is 10.3. The van der Waals surface area contributed by atoms with Crippen molar-refractivity contribution in [1.29, 1.82) is 0 Å². The van der Waals surface area contributed by atoms with Crippen molar-refractivity contribution in [2.75, 3.05) is 19.6 Å². The summed E-state index contributed by atoms with van der Waals surface area (Å²) in [6, 6.07) is 0. The standard InChI is InChI=1S/C9H16N2O3/c1-7(12)10-4-2-9(14)11-5-3-8(13)6-11/h8,13H,2-6H2,1H3,(H,10,12)/t8-/m1/s1. The molecular weight excluding hydrogens is 184 g/mol. The normalized spacial score (nSPS) is 21.0. The van der Waals surface area contributed by atoms with E-state index in [1.165, 1.54) is 6.92 Å². The zero-order valence-corrected chi connectivity index (χ0v) is 8.32. The van der Waals surface area contributed by atoms with E-state index in [0.29, 0.717) is 32.5 Å². The number of amides is 2. The molecular formula is C9H16N2O3. The van der Waals surface area contributed by atoms with E-state index in [1.807, 2.05) is 0 Å². The van der Waals surface area contributed by atoms with E-state index in [-0.39, 0.29) is 17.9 Å². The van der Waals surface area contributed by atoms with Gasteiger partial charge in [0.2, 0.25) is 11.8 Å². The smallest absolute Gasteiger partial charge is 0.224 e. The molecule has 0 aromatic rings. The van der Waals surface area contributed by atoms with Crippen molar-refractivity contribution in [3.63, 3.8) is 0 Å². The van der Waals surface area contributed by atoms with Crippen molar-refractivity contribution in [3.05, 3.63) is 0 Å². The Morgan fingerprint density at radius 1 is 1.57 bits per heavy atom. The van der Waals surface area contributed by atoms with Crippen molar-refractivity contribution < 1.29 is 14.7 Å². The fourth-order valence-corrected chi connectivity index (χ4v) is 1.47. The number of β-amino-alcohol motifs (C(OH)–C–C–N with tert-alkyl or cyclic N) is 1. The van der Waals surface area contributed by atoms with Gasteiger partial charge in [0.1, 0.15) is 0 Å². The maximum Gasteiger partial charge on any atom is 0.224 e. The highest BCUT2D eigenvalue weighted by Gasteiger charge is 2.23. The Balaban J connectivity index is 2.18. The Kier molecular flexibility index (Phi) is 3.88. The molecule has 0 aliphatic carbocycles. The molecule has 1 atom stereocenters. The summed E-state index contributed by atoms with van der Waals surface area (Å²) < 4.78 is 0.